The second-order valence-electron chi connectivity index (χ2n) is 8.34. The second kappa shape index (κ2) is 9.72. The zero-order chi connectivity index (χ0) is 20.9. The molecule has 0 amide bonds. The lowest BCUT2D eigenvalue weighted by atomic mass is 10.1. The molecule has 158 valence electrons. The van der Waals surface area contributed by atoms with Crippen LogP contribution in [-0.2, 0) is 0 Å². The van der Waals surface area contributed by atoms with Crippen LogP contribution in [-0.4, -0.2) is 96.3 Å². The van der Waals surface area contributed by atoms with E-state index in [-0.39, 0.29) is 13.3 Å². The van der Waals surface area contributed by atoms with Gasteiger partial charge in [-0.1, -0.05) is 0 Å². The maximum atomic E-state index is 10.4. The summed E-state index contributed by atoms with van der Waals surface area (Å²) in [6.45, 7) is 13.9. The predicted octanol–water partition coefficient (Wildman–Crippen LogP) is -0.741. The van der Waals surface area contributed by atoms with Gasteiger partial charge >= 0.3 is 0 Å². The van der Waals surface area contributed by atoms with Crippen molar-refractivity contribution in [1.82, 2.24) is 20.0 Å². The topological polar surface area (TPSA) is 123 Å². The lowest BCUT2D eigenvalue weighted by molar-refractivity contribution is -0.224. The van der Waals surface area contributed by atoms with Crippen LogP contribution in [0.15, 0.2) is 0 Å². The molecule has 6 N–H and O–H groups in total. The summed E-state index contributed by atoms with van der Waals surface area (Å²) in [6, 6.07) is 0. The second-order valence-corrected chi connectivity index (χ2v) is 8.34. The SMILES string of the molecule is CC(O)N(CCN(CN(C(C)(C)O)C(C)(C)O)C(C)O)CNC(C)(C)O. The number of hydrogen-bond acceptors (Lipinski definition) is 9. The molecule has 0 aromatic carbocycles. The monoisotopic (exact) mass is 380 g/mol. The van der Waals surface area contributed by atoms with E-state index in [1.54, 1.807) is 65.2 Å². The van der Waals surface area contributed by atoms with E-state index < -0.39 is 29.6 Å². The van der Waals surface area contributed by atoms with Gasteiger partial charge in [-0.05, 0) is 55.4 Å². The van der Waals surface area contributed by atoms with Gasteiger partial charge < -0.3 is 25.5 Å². The number of nitrogens with one attached hydrogen (secondary N) is 1. The Hall–Kier alpha value is -0.360. The summed E-state index contributed by atoms with van der Waals surface area (Å²) < 4.78 is 0. The van der Waals surface area contributed by atoms with E-state index in [1.807, 2.05) is 0 Å². The van der Waals surface area contributed by atoms with Crippen LogP contribution in [0.2, 0.25) is 0 Å². The molecule has 0 heterocycles. The third-order valence-corrected chi connectivity index (χ3v) is 4.09. The summed E-state index contributed by atoms with van der Waals surface area (Å²) in [5.41, 5.74) is -3.66. The first kappa shape index (κ1) is 25.6. The van der Waals surface area contributed by atoms with Gasteiger partial charge in [0.15, 0.2) is 0 Å². The van der Waals surface area contributed by atoms with Crippen molar-refractivity contribution in [1.29, 1.82) is 0 Å². The van der Waals surface area contributed by atoms with E-state index in [0.29, 0.717) is 13.1 Å². The molecule has 0 rings (SSSR count). The highest BCUT2D eigenvalue weighted by molar-refractivity contribution is 4.79. The molecule has 9 heteroatoms. The average molecular weight is 381 g/mol. The maximum absolute atomic E-state index is 10.4. The van der Waals surface area contributed by atoms with Crippen molar-refractivity contribution >= 4 is 0 Å². The van der Waals surface area contributed by atoms with Crippen LogP contribution in [0.4, 0.5) is 0 Å². The molecule has 0 aliphatic carbocycles. The standard InChI is InChI=1S/C17H40N4O5/c1-13(22)19(11-18-15(3,4)24)9-10-20(14(2)23)12-21(16(5,6)25)17(7,8)26/h13-14,18,22-26H,9-12H2,1-8H3. The van der Waals surface area contributed by atoms with Crippen LogP contribution in [0.3, 0.4) is 0 Å². The molecule has 0 spiro atoms. The molecule has 0 aromatic heterocycles. The third kappa shape index (κ3) is 10.1. The maximum Gasteiger partial charge on any atom is 0.116 e. The molecule has 0 aliphatic heterocycles. The van der Waals surface area contributed by atoms with Gasteiger partial charge in [-0.15, -0.1) is 0 Å². The summed E-state index contributed by atoms with van der Waals surface area (Å²) in [7, 11) is 0. The van der Waals surface area contributed by atoms with Gasteiger partial charge in [0.2, 0.25) is 0 Å². The zero-order valence-corrected chi connectivity index (χ0v) is 17.6. The van der Waals surface area contributed by atoms with E-state index in [2.05, 4.69) is 5.32 Å². The Bertz CT molecular complexity index is 385. The van der Waals surface area contributed by atoms with Crippen molar-refractivity contribution in [3.8, 4) is 0 Å². The summed E-state index contributed by atoms with van der Waals surface area (Å²) in [5.74, 6) is 0. The van der Waals surface area contributed by atoms with Gasteiger partial charge in [0.05, 0.1) is 13.3 Å². The molecule has 0 bridgehead atoms. The number of aliphatic hydroxyl groups is 5. The first-order valence-corrected chi connectivity index (χ1v) is 8.99. The van der Waals surface area contributed by atoms with Crippen molar-refractivity contribution in [2.45, 2.75) is 85.0 Å². The molecule has 0 saturated heterocycles. The van der Waals surface area contributed by atoms with E-state index in [1.165, 1.54) is 4.90 Å². The fraction of sp³-hybridized carbons (Fsp3) is 1.00. The van der Waals surface area contributed by atoms with E-state index in [9.17, 15) is 25.5 Å². The van der Waals surface area contributed by atoms with Crippen molar-refractivity contribution < 1.29 is 25.5 Å². The minimum Gasteiger partial charge on any atom is -0.379 e. The first-order valence-electron chi connectivity index (χ1n) is 8.99. The van der Waals surface area contributed by atoms with Crippen molar-refractivity contribution in [2.75, 3.05) is 26.4 Å². The minimum absolute atomic E-state index is 0.122. The van der Waals surface area contributed by atoms with Crippen LogP contribution < -0.4 is 5.32 Å². The summed E-state index contributed by atoms with van der Waals surface area (Å²) in [6.07, 6.45) is -1.57. The van der Waals surface area contributed by atoms with Crippen LogP contribution in [0.25, 0.3) is 0 Å². The Morgan fingerprint density at radius 1 is 0.769 bits per heavy atom. The number of rotatable bonds is 12. The first-order chi connectivity index (χ1) is 11.4. The Balaban J connectivity index is 5.04. The van der Waals surface area contributed by atoms with Crippen LogP contribution in [0.5, 0.6) is 0 Å². The molecular formula is C17H40N4O5. The Morgan fingerprint density at radius 3 is 1.46 bits per heavy atom. The molecule has 0 radical (unpaired) electrons. The van der Waals surface area contributed by atoms with Gasteiger partial charge in [-0.25, -0.2) is 4.90 Å². The lowest BCUT2D eigenvalue weighted by Gasteiger charge is -2.45. The molecular weight excluding hydrogens is 340 g/mol. The Labute approximate surface area is 157 Å². The molecule has 0 saturated carbocycles. The fourth-order valence-electron chi connectivity index (χ4n) is 2.52. The minimum atomic E-state index is -1.29. The van der Waals surface area contributed by atoms with Crippen molar-refractivity contribution in [3.63, 3.8) is 0 Å². The summed E-state index contributed by atoms with van der Waals surface area (Å²) in [4.78, 5) is 4.84. The smallest absolute Gasteiger partial charge is 0.116 e. The molecule has 2 unspecified atom stereocenters. The van der Waals surface area contributed by atoms with Crippen LogP contribution in [0, 0.1) is 0 Å². The Kier molecular flexibility index (Phi) is 9.58. The highest BCUT2D eigenvalue weighted by atomic mass is 16.3. The van der Waals surface area contributed by atoms with Gasteiger partial charge in [-0.3, -0.25) is 15.1 Å². The van der Waals surface area contributed by atoms with E-state index in [4.69, 9.17) is 0 Å². The van der Waals surface area contributed by atoms with Crippen molar-refractivity contribution in [2.24, 2.45) is 0 Å². The van der Waals surface area contributed by atoms with Gasteiger partial charge in [0, 0.05) is 13.1 Å². The molecule has 9 nitrogen and oxygen atoms in total. The van der Waals surface area contributed by atoms with Crippen LogP contribution in [0.1, 0.15) is 55.4 Å². The van der Waals surface area contributed by atoms with E-state index in [0.717, 1.165) is 0 Å². The number of aliphatic hydroxyl groups excluding tert-OH is 2. The number of hydrogen-bond donors (Lipinski definition) is 6. The quantitative estimate of drug-likeness (QED) is 0.243. The Morgan fingerprint density at radius 2 is 1.15 bits per heavy atom. The number of nitrogens with zero attached hydrogens (tertiary/aromatic N) is 3. The van der Waals surface area contributed by atoms with Gasteiger partial charge in [0.1, 0.15) is 29.6 Å². The predicted molar refractivity (Wildman–Crippen MR) is 100 cm³/mol. The van der Waals surface area contributed by atoms with Crippen LogP contribution >= 0.6 is 0 Å². The van der Waals surface area contributed by atoms with E-state index >= 15 is 0 Å². The highest BCUT2D eigenvalue weighted by Gasteiger charge is 2.36. The summed E-state index contributed by atoms with van der Waals surface area (Å²) >= 11 is 0. The molecule has 0 aliphatic rings. The molecule has 26 heavy (non-hydrogen) atoms. The molecule has 0 aromatic rings. The summed E-state index contributed by atoms with van der Waals surface area (Å²) in [5, 5.41) is 53.4. The lowest BCUT2D eigenvalue weighted by Crippen LogP contribution is -2.61. The molecule has 0 fully saturated rings. The highest BCUT2D eigenvalue weighted by Crippen LogP contribution is 2.22. The largest absolute Gasteiger partial charge is 0.379 e. The van der Waals surface area contributed by atoms with Gasteiger partial charge in [0.25, 0.3) is 0 Å². The molecule has 2 atom stereocenters. The third-order valence-electron chi connectivity index (χ3n) is 4.09. The normalized spacial score (nSPS) is 16.6. The average Bonchev–Trinajstić information content (AvgIpc) is 2.36. The fourth-order valence-corrected chi connectivity index (χ4v) is 2.52. The zero-order valence-electron chi connectivity index (χ0n) is 17.6. The van der Waals surface area contributed by atoms with Crippen molar-refractivity contribution in [3.05, 3.63) is 0 Å². The van der Waals surface area contributed by atoms with Gasteiger partial charge in [-0.2, -0.15) is 0 Å².